The molecule has 1 amide bonds. The minimum Gasteiger partial charge on any atom is -0.371 e. The van der Waals surface area contributed by atoms with E-state index in [1.807, 2.05) is 62.2 Å². The maximum atomic E-state index is 13.5. The SMILES string of the molecule is Cc1cc(N2CCC(N(C)C(=O)c3ccc4c(c3)C(NS(=O)(=O)CCc3ccccc3Cl)CC4)CC2)cc(C)n1. The first kappa shape index (κ1) is 28.6. The monoisotopic (exact) mass is 580 g/mol. The van der Waals surface area contributed by atoms with Gasteiger partial charge in [0.25, 0.3) is 5.91 Å². The molecule has 5 rings (SSSR count). The summed E-state index contributed by atoms with van der Waals surface area (Å²) in [5, 5.41) is 0.574. The van der Waals surface area contributed by atoms with Crippen molar-refractivity contribution in [3.63, 3.8) is 0 Å². The zero-order valence-corrected chi connectivity index (χ0v) is 24.9. The number of halogens is 1. The van der Waals surface area contributed by atoms with E-state index < -0.39 is 10.0 Å². The van der Waals surface area contributed by atoms with Gasteiger partial charge in [-0.05, 0) is 93.0 Å². The third kappa shape index (κ3) is 6.51. The second kappa shape index (κ2) is 11.9. The van der Waals surface area contributed by atoms with Gasteiger partial charge in [0.05, 0.1) is 5.75 Å². The molecule has 2 aliphatic rings. The molecule has 212 valence electrons. The van der Waals surface area contributed by atoms with Gasteiger partial charge in [0, 0.05) is 59.9 Å². The first-order valence-electron chi connectivity index (χ1n) is 13.9. The van der Waals surface area contributed by atoms with Gasteiger partial charge < -0.3 is 9.80 Å². The fourth-order valence-corrected chi connectivity index (χ4v) is 7.47. The number of piperidine rings is 1. The number of sulfonamides is 1. The summed E-state index contributed by atoms with van der Waals surface area (Å²) in [6, 6.07) is 17.1. The number of hydrogen-bond acceptors (Lipinski definition) is 5. The van der Waals surface area contributed by atoms with Crippen LogP contribution >= 0.6 is 11.6 Å². The average Bonchev–Trinajstić information content (AvgIpc) is 3.32. The van der Waals surface area contributed by atoms with Crippen LogP contribution in [0, 0.1) is 13.8 Å². The molecule has 7 nitrogen and oxygen atoms in total. The van der Waals surface area contributed by atoms with E-state index in [0.717, 1.165) is 60.4 Å². The molecule has 1 fully saturated rings. The molecule has 1 aliphatic carbocycles. The Hall–Kier alpha value is -2.94. The van der Waals surface area contributed by atoms with Gasteiger partial charge in [-0.3, -0.25) is 9.78 Å². The number of nitrogens with one attached hydrogen (secondary N) is 1. The van der Waals surface area contributed by atoms with Crippen LogP contribution in [0.3, 0.4) is 0 Å². The summed E-state index contributed by atoms with van der Waals surface area (Å²) in [5.41, 5.74) is 6.63. The van der Waals surface area contributed by atoms with Crippen LogP contribution < -0.4 is 9.62 Å². The van der Waals surface area contributed by atoms with Gasteiger partial charge in [0.1, 0.15) is 0 Å². The topological polar surface area (TPSA) is 82.6 Å². The number of anilines is 1. The quantitative estimate of drug-likeness (QED) is 0.394. The van der Waals surface area contributed by atoms with Crippen LogP contribution in [-0.2, 0) is 22.9 Å². The maximum absolute atomic E-state index is 13.5. The number of aryl methyl sites for hydroxylation is 4. The molecule has 2 aromatic carbocycles. The molecular weight excluding hydrogens is 544 g/mol. The normalized spacial score (nSPS) is 17.6. The summed E-state index contributed by atoms with van der Waals surface area (Å²) >= 11 is 6.21. The number of pyridine rings is 1. The Balaban J connectivity index is 1.21. The van der Waals surface area contributed by atoms with Gasteiger partial charge in [-0.25, -0.2) is 13.1 Å². The van der Waals surface area contributed by atoms with Crippen molar-refractivity contribution in [1.82, 2.24) is 14.6 Å². The zero-order chi connectivity index (χ0) is 28.4. The number of carbonyl (C=O) groups excluding carboxylic acids is 1. The van der Waals surface area contributed by atoms with E-state index >= 15 is 0 Å². The number of nitrogens with zero attached hydrogens (tertiary/aromatic N) is 3. The maximum Gasteiger partial charge on any atom is 0.253 e. The Morgan fingerprint density at radius 2 is 1.75 bits per heavy atom. The van der Waals surface area contributed by atoms with E-state index in [-0.39, 0.29) is 23.7 Å². The molecule has 0 saturated carbocycles. The Morgan fingerprint density at radius 1 is 1.05 bits per heavy atom. The summed E-state index contributed by atoms with van der Waals surface area (Å²) in [7, 11) is -1.65. The molecule has 1 saturated heterocycles. The van der Waals surface area contributed by atoms with Crippen molar-refractivity contribution in [2.24, 2.45) is 0 Å². The number of aromatic nitrogens is 1. The second-order valence-electron chi connectivity index (χ2n) is 11.0. The van der Waals surface area contributed by atoms with Crippen molar-refractivity contribution in [1.29, 1.82) is 0 Å². The van der Waals surface area contributed by atoms with E-state index in [4.69, 9.17) is 11.6 Å². The van der Waals surface area contributed by atoms with E-state index in [9.17, 15) is 13.2 Å². The van der Waals surface area contributed by atoms with Crippen molar-refractivity contribution in [3.8, 4) is 0 Å². The Kier molecular flexibility index (Phi) is 8.50. The Bertz CT molecular complexity index is 1480. The summed E-state index contributed by atoms with van der Waals surface area (Å²) in [6.45, 7) is 5.80. The lowest BCUT2D eigenvalue weighted by atomic mass is 10.00. The first-order chi connectivity index (χ1) is 19.1. The van der Waals surface area contributed by atoms with Gasteiger partial charge in [-0.1, -0.05) is 35.9 Å². The van der Waals surface area contributed by atoms with E-state index in [2.05, 4.69) is 26.7 Å². The molecule has 9 heteroatoms. The minimum absolute atomic E-state index is 0.0240. The molecule has 1 aliphatic heterocycles. The van der Waals surface area contributed by atoms with Crippen LogP contribution in [0.25, 0.3) is 0 Å². The number of carbonyl (C=O) groups is 1. The Morgan fingerprint density at radius 3 is 2.45 bits per heavy atom. The molecule has 3 aromatic rings. The van der Waals surface area contributed by atoms with Gasteiger partial charge in [-0.15, -0.1) is 0 Å². The highest BCUT2D eigenvalue weighted by Gasteiger charge is 2.30. The van der Waals surface area contributed by atoms with Crippen molar-refractivity contribution in [2.75, 3.05) is 30.8 Å². The zero-order valence-electron chi connectivity index (χ0n) is 23.4. The van der Waals surface area contributed by atoms with Crippen molar-refractivity contribution >= 4 is 33.2 Å². The molecule has 1 atom stereocenters. The standard InChI is InChI=1S/C31H37ClN4O3S/c1-21-18-27(19-22(2)33-21)36-15-12-26(13-16-36)35(3)31(37)25-9-8-23-10-11-30(28(23)20-25)34-40(38,39)17-14-24-6-4-5-7-29(24)32/h4-9,18-20,26,30,34H,10-17H2,1-3H3. The molecule has 1 N–H and O–H groups in total. The third-order valence-electron chi connectivity index (χ3n) is 8.15. The minimum atomic E-state index is -3.54. The third-order valence-corrected chi connectivity index (χ3v) is 9.91. The van der Waals surface area contributed by atoms with Crippen molar-refractivity contribution in [2.45, 2.75) is 58.0 Å². The van der Waals surface area contributed by atoms with E-state index in [0.29, 0.717) is 23.4 Å². The number of fused-ring (bicyclic) bond motifs is 1. The summed E-state index contributed by atoms with van der Waals surface area (Å²) in [6.07, 6.45) is 3.59. The van der Waals surface area contributed by atoms with Gasteiger partial charge in [-0.2, -0.15) is 0 Å². The fraction of sp³-hybridized carbons (Fsp3) is 0.419. The Labute approximate surface area is 242 Å². The van der Waals surface area contributed by atoms with Crippen LogP contribution in [-0.4, -0.2) is 56.1 Å². The smallest absolute Gasteiger partial charge is 0.253 e. The van der Waals surface area contributed by atoms with E-state index in [1.54, 1.807) is 6.07 Å². The van der Waals surface area contributed by atoms with Crippen molar-refractivity contribution < 1.29 is 13.2 Å². The predicted octanol–water partition coefficient (Wildman–Crippen LogP) is 5.24. The number of rotatable bonds is 8. The molecule has 2 heterocycles. The predicted molar refractivity (Wildman–Crippen MR) is 161 cm³/mol. The summed E-state index contributed by atoms with van der Waals surface area (Å²) in [5.74, 6) is -0.0644. The van der Waals surface area contributed by atoms with Gasteiger partial charge in [0.2, 0.25) is 10.0 Å². The number of benzene rings is 2. The van der Waals surface area contributed by atoms with Crippen molar-refractivity contribution in [3.05, 3.63) is 93.3 Å². The van der Waals surface area contributed by atoms with Crippen LogP contribution in [0.2, 0.25) is 5.02 Å². The molecule has 0 bridgehead atoms. The van der Waals surface area contributed by atoms with E-state index in [1.165, 1.54) is 5.69 Å². The lowest BCUT2D eigenvalue weighted by molar-refractivity contribution is 0.0709. The molecule has 40 heavy (non-hydrogen) atoms. The number of hydrogen-bond donors (Lipinski definition) is 1. The molecule has 0 spiro atoms. The van der Waals surface area contributed by atoms with Gasteiger partial charge >= 0.3 is 0 Å². The molecule has 1 unspecified atom stereocenters. The highest BCUT2D eigenvalue weighted by Crippen LogP contribution is 2.33. The van der Waals surface area contributed by atoms with Crippen LogP contribution in [0.5, 0.6) is 0 Å². The van der Waals surface area contributed by atoms with Gasteiger partial charge in [0.15, 0.2) is 0 Å². The number of amides is 1. The molecular formula is C31H37ClN4O3S. The molecule has 0 radical (unpaired) electrons. The highest BCUT2D eigenvalue weighted by molar-refractivity contribution is 7.89. The lowest BCUT2D eigenvalue weighted by Crippen LogP contribution is -2.45. The lowest BCUT2D eigenvalue weighted by Gasteiger charge is -2.38. The highest BCUT2D eigenvalue weighted by atomic mass is 35.5. The average molecular weight is 581 g/mol. The van der Waals surface area contributed by atoms with Crippen LogP contribution in [0.1, 0.15) is 63.7 Å². The first-order valence-corrected chi connectivity index (χ1v) is 16.0. The largest absolute Gasteiger partial charge is 0.371 e. The summed E-state index contributed by atoms with van der Waals surface area (Å²) < 4.78 is 28.8. The van der Waals surface area contributed by atoms with Crippen LogP contribution in [0.15, 0.2) is 54.6 Å². The second-order valence-corrected chi connectivity index (χ2v) is 13.3. The van der Waals surface area contributed by atoms with Crippen LogP contribution in [0.4, 0.5) is 5.69 Å². The fourth-order valence-electron chi connectivity index (χ4n) is 5.95. The summed E-state index contributed by atoms with van der Waals surface area (Å²) in [4.78, 5) is 22.2. The molecule has 1 aromatic heterocycles.